The van der Waals surface area contributed by atoms with Crippen molar-refractivity contribution in [3.63, 3.8) is 0 Å². The van der Waals surface area contributed by atoms with E-state index in [4.69, 9.17) is 5.73 Å². The van der Waals surface area contributed by atoms with Crippen LogP contribution in [0.5, 0.6) is 0 Å². The molecule has 136 valence electrons. The summed E-state index contributed by atoms with van der Waals surface area (Å²) in [5.74, 6) is 0.126. The molecule has 2 aromatic rings. The van der Waals surface area contributed by atoms with E-state index in [1.165, 1.54) is 29.1 Å². The number of rotatable bonds is 4. The summed E-state index contributed by atoms with van der Waals surface area (Å²) in [7, 11) is 0. The monoisotopic (exact) mass is 371 g/mol. The van der Waals surface area contributed by atoms with Gasteiger partial charge >= 0.3 is 6.03 Å². The molecule has 1 aliphatic carbocycles. The molecule has 3 N–H and O–H groups in total. The topological polar surface area (TPSA) is 101 Å². The Balaban J connectivity index is 1.52. The zero-order chi connectivity index (χ0) is 18.3. The number of anilines is 1. The third-order valence-electron chi connectivity index (χ3n) is 4.89. The molecular formula is C18H21N5O2S. The number of likely N-dealkylation sites (tertiary alicyclic amines) is 1. The molecule has 1 atom stereocenters. The van der Waals surface area contributed by atoms with Crippen molar-refractivity contribution in [1.82, 2.24) is 14.9 Å². The minimum Gasteiger partial charge on any atom is -0.368 e. The van der Waals surface area contributed by atoms with Gasteiger partial charge in [0.1, 0.15) is 6.04 Å². The Morgan fingerprint density at radius 3 is 2.88 bits per heavy atom. The number of aromatic nitrogens is 2. The molecule has 3 heterocycles. The Morgan fingerprint density at radius 1 is 1.35 bits per heavy atom. The van der Waals surface area contributed by atoms with E-state index in [0.717, 1.165) is 28.2 Å². The number of aryl methyl sites for hydroxylation is 1. The normalized spacial score (nSPS) is 19.6. The molecule has 3 amide bonds. The van der Waals surface area contributed by atoms with Gasteiger partial charge in [-0.3, -0.25) is 15.1 Å². The number of nitrogens with zero attached hydrogens (tertiary/aromatic N) is 3. The fraction of sp³-hybridized carbons (Fsp3) is 0.444. The predicted octanol–water partition coefficient (Wildman–Crippen LogP) is 2.87. The van der Waals surface area contributed by atoms with Crippen LogP contribution in [0.2, 0.25) is 0 Å². The number of thiazole rings is 1. The maximum Gasteiger partial charge on any atom is 0.324 e. The molecular weight excluding hydrogens is 350 g/mol. The van der Waals surface area contributed by atoms with Gasteiger partial charge in [0.05, 0.1) is 10.6 Å². The van der Waals surface area contributed by atoms with Gasteiger partial charge in [-0.05, 0) is 50.3 Å². The molecule has 8 heteroatoms. The quantitative estimate of drug-likeness (QED) is 0.863. The Labute approximate surface area is 155 Å². The van der Waals surface area contributed by atoms with Gasteiger partial charge < -0.3 is 10.6 Å². The van der Waals surface area contributed by atoms with Crippen molar-refractivity contribution in [2.45, 2.75) is 44.6 Å². The molecule has 0 radical (unpaired) electrons. The molecule has 2 aliphatic rings. The Kier molecular flexibility index (Phi) is 4.36. The average molecular weight is 371 g/mol. The van der Waals surface area contributed by atoms with Crippen LogP contribution in [0.15, 0.2) is 18.3 Å². The van der Waals surface area contributed by atoms with E-state index in [-0.39, 0.29) is 6.03 Å². The van der Waals surface area contributed by atoms with Crippen molar-refractivity contribution in [3.05, 3.63) is 29.7 Å². The van der Waals surface area contributed by atoms with E-state index in [2.05, 4.69) is 21.4 Å². The van der Waals surface area contributed by atoms with Crippen molar-refractivity contribution in [3.8, 4) is 10.4 Å². The molecule has 1 saturated carbocycles. The van der Waals surface area contributed by atoms with Gasteiger partial charge in [-0.15, -0.1) is 0 Å². The van der Waals surface area contributed by atoms with Crippen LogP contribution in [0.4, 0.5) is 9.93 Å². The number of carbonyl (C=O) groups is 2. The molecule has 2 fully saturated rings. The first-order valence-electron chi connectivity index (χ1n) is 8.83. The van der Waals surface area contributed by atoms with Crippen LogP contribution in [-0.4, -0.2) is 39.4 Å². The van der Waals surface area contributed by atoms with E-state index in [0.29, 0.717) is 24.0 Å². The molecule has 1 aliphatic heterocycles. The van der Waals surface area contributed by atoms with Crippen LogP contribution >= 0.6 is 11.3 Å². The largest absolute Gasteiger partial charge is 0.368 e. The van der Waals surface area contributed by atoms with Crippen LogP contribution in [0, 0.1) is 6.92 Å². The van der Waals surface area contributed by atoms with Crippen LogP contribution in [0.25, 0.3) is 10.4 Å². The minimum atomic E-state index is -0.531. The Bertz CT molecular complexity index is 861. The molecule has 0 spiro atoms. The lowest BCUT2D eigenvalue weighted by atomic mass is 10.1. The van der Waals surface area contributed by atoms with Crippen LogP contribution in [0.1, 0.15) is 43.0 Å². The van der Waals surface area contributed by atoms with Crippen molar-refractivity contribution in [2.75, 3.05) is 11.9 Å². The summed E-state index contributed by atoms with van der Waals surface area (Å²) in [6.45, 7) is 2.46. The van der Waals surface area contributed by atoms with E-state index in [1.54, 1.807) is 0 Å². The van der Waals surface area contributed by atoms with E-state index in [1.807, 2.05) is 19.2 Å². The highest BCUT2D eigenvalue weighted by Gasteiger charge is 2.33. The van der Waals surface area contributed by atoms with Crippen molar-refractivity contribution in [1.29, 1.82) is 0 Å². The lowest BCUT2D eigenvalue weighted by molar-refractivity contribution is -0.121. The molecule has 0 unspecified atom stereocenters. The molecule has 0 bridgehead atoms. The summed E-state index contributed by atoms with van der Waals surface area (Å²) in [5, 5.41) is 3.35. The standard InChI is InChI=1S/C18H21N5O2S/c1-10-15(12-6-7-20-13(9-12)11-4-5-11)26-17(21-10)22-18(25)23-8-2-3-14(23)16(19)24/h6-7,9,11,14H,2-5,8H2,1H3,(H2,19,24)(H,21,22,25)/t14-/m0/s1. The summed E-state index contributed by atoms with van der Waals surface area (Å²) < 4.78 is 0. The highest BCUT2D eigenvalue weighted by atomic mass is 32.1. The Morgan fingerprint density at radius 2 is 2.15 bits per heavy atom. The average Bonchev–Trinajstić information content (AvgIpc) is 3.23. The first-order chi connectivity index (χ1) is 12.5. The molecule has 0 aromatic carbocycles. The first-order valence-corrected chi connectivity index (χ1v) is 9.65. The van der Waals surface area contributed by atoms with Gasteiger partial charge in [0.25, 0.3) is 0 Å². The van der Waals surface area contributed by atoms with Gasteiger partial charge in [0.15, 0.2) is 5.13 Å². The van der Waals surface area contributed by atoms with Gasteiger partial charge in [-0.1, -0.05) is 11.3 Å². The second kappa shape index (κ2) is 6.68. The fourth-order valence-corrected chi connectivity index (χ4v) is 4.33. The Hall–Kier alpha value is -2.48. The third kappa shape index (κ3) is 3.29. The van der Waals surface area contributed by atoms with Gasteiger partial charge in [-0.2, -0.15) is 0 Å². The number of pyridine rings is 1. The predicted molar refractivity (Wildman–Crippen MR) is 100.0 cm³/mol. The molecule has 26 heavy (non-hydrogen) atoms. The minimum absolute atomic E-state index is 0.319. The SMILES string of the molecule is Cc1nc(NC(=O)N2CCC[C@H]2C(N)=O)sc1-c1ccnc(C2CC2)c1. The molecule has 2 aromatic heterocycles. The summed E-state index contributed by atoms with van der Waals surface area (Å²) in [4.78, 5) is 35.4. The molecule has 4 rings (SSSR count). The van der Waals surface area contributed by atoms with E-state index in [9.17, 15) is 9.59 Å². The van der Waals surface area contributed by atoms with Gasteiger partial charge in [0.2, 0.25) is 5.91 Å². The third-order valence-corrected chi connectivity index (χ3v) is 6.01. The number of nitrogens with two attached hydrogens (primary N) is 1. The fourth-order valence-electron chi connectivity index (χ4n) is 3.38. The molecule has 7 nitrogen and oxygen atoms in total. The van der Waals surface area contributed by atoms with Crippen molar-refractivity contribution < 1.29 is 9.59 Å². The number of nitrogens with one attached hydrogen (secondary N) is 1. The highest BCUT2D eigenvalue weighted by molar-refractivity contribution is 7.19. The second-order valence-corrected chi connectivity index (χ2v) is 7.86. The number of hydrogen-bond acceptors (Lipinski definition) is 5. The maximum absolute atomic E-state index is 12.5. The highest BCUT2D eigenvalue weighted by Crippen LogP contribution is 2.41. The molecule has 1 saturated heterocycles. The van der Waals surface area contributed by atoms with E-state index < -0.39 is 11.9 Å². The number of hydrogen-bond donors (Lipinski definition) is 2. The maximum atomic E-state index is 12.5. The summed E-state index contributed by atoms with van der Waals surface area (Å²) in [6.07, 6.45) is 5.64. The van der Waals surface area contributed by atoms with Crippen molar-refractivity contribution >= 4 is 28.4 Å². The number of amides is 3. The van der Waals surface area contributed by atoms with Gasteiger partial charge in [0, 0.05) is 24.4 Å². The van der Waals surface area contributed by atoms with Crippen LogP contribution in [-0.2, 0) is 4.79 Å². The zero-order valence-electron chi connectivity index (χ0n) is 14.6. The second-order valence-electron chi connectivity index (χ2n) is 6.86. The van der Waals surface area contributed by atoms with Crippen molar-refractivity contribution in [2.24, 2.45) is 5.73 Å². The van der Waals surface area contributed by atoms with Gasteiger partial charge in [-0.25, -0.2) is 9.78 Å². The lowest BCUT2D eigenvalue weighted by Gasteiger charge is -2.21. The number of urea groups is 1. The van der Waals surface area contributed by atoms with E-state index >= 15 is 0 Å². The number of primary amides is 1. The first kappa shape index (κ1) is 17.0. The smallest absolute Gasteiger partial charge is 0.324 e. The summed E-state index contributed by atoms with van der Waals surface area (Å²) in [6, 6.07) is 3.24. The summed E-state index contributed by atoms with van der Waals surface area (Å²) in [5.41, 5.74) is 8.46. The van der Waals surface area contributed by atoms with Crippen LogP contribution in [0.3, 0.4) is 0 Å². The lowest BCUT2D eigenvalue weighted by Crippen LogP contribution is -2.45. The number of carbonyl (C=O) groups excluding carboxylic acids is 2. The zero-order valence-corrected chi connectivity index (χ0v) is 15.4. The van der Waals surface area contributed by atoms with Crippen LogP contribution < -0.4 is 11.1 Å². The summed E-state index contributed by atoms with van der Waals surface area (Å²) >= 11 is 1.44.